The number of amides is 2. The highest BCUT2D eigenvalue weighted by Gasteiger charge is 2.16. The number of carbonyl (C=O) groups excluding carboxylic acids is 2. The second-order valence-corrected chi connectivity index (χ2v) is 8.56. The van der Waals surface area contributed by atoms with Crippen molar-refractivity contribution in [2.75, 3.05) is 26.2 Å². The molecule has 156 valence electrons. The molecule has 0 atom stereocenters. The fourth-order valence-electron chi connectivity index (χ4n) is 4.39. The minimum atomic E-state index is 0.383. The van der Waals surface area contributed by atoms with E-state index in [4.69, 9.17) is 0 Å². The number of carbonyl (C=O) groups is 2. The summed E-state index contributed by atoms with van der Waals surface area (Å²) in [7, 11) is 0. The highest BCUT2D eigenvalue weighted by Crippen LogP contribution is 2.15. The van der Waals surface area contributed by atoms with Crippen LogP contribution in [0.15, 0.2) is 0 Å². The summed E-state index contributed by atoms with van der Waals surface area (Å²) in [6.45, 7) is 3.95. The third-order valence-corrected chi connectivity index (χ3v) is 6.20. The van der Waals surface area contributed by atoms with Gasteiger partial charge in [0.2, 0.25) is 11.8 Å². The standard InChI is InChI=1S/C23H42N2O2/c26-22(24-18-12-8-13-19-24)16-10-6-4-2-1-3-5-7-11-17-23(27)25-20-14-9-15-21-25/h1-21H2. The van der Waals surface area contributed by atoms with E-state index in [0.29, 0.717) is 11.8 Å². The van der Waals surface area contributed by atoms with E-state index < -0.39 is 0 Å². The Morgan fingerprint density at radius 2 is 0.741 bits per heavy atom. The minimum absolute atomic E-state index is 0.383. The van der Waals surface area contributed by atoms with Crippen LogP contribution in [-0.4, -0.2) is 47.8 Å². The first-order valence-electron chi connectivity index (χ1n) is 11.8. The maximum atomic E-state index is 12.1. The van der Waals surface area contributed by atoms with Gasteiger partial charge < -0.3 is 9.80 Å². The summed E-state index contributed by atoms with van der Waals surface area (Å²) in [4.78, 5) is 28.3. The quantitative estimate of drug-likeness (QED) is 0.432. The molecule has 2 aliphatic rings. The summed E-state index contributed by atoms with van der Waals surface area (Å²) in [5.74, 6) is 0.766. The first-order valence-corrected chi connectivity index (χ1v) is 11.8. The zero-order chi connectivity index (χ0) is 19.2. The average molecular weight is 379 g/mol. The second-order valence-electron chi connectivity index (χ2n) is 8.56. The number of unbranched alkanes of at least 4 members (excludes halogenated alkanes) is 8. The summed E-state index contributed by atoms with van der Waals surface area (Å²) in [5, 5.41) is 0. The van der Waals surface area contributed by atoms with Crippen molar-refractivity contribution in [3.05, 3.63) is 0 Å². The SMILES string of the molecule is O=C(CCCCCCCCCCCC(=O)N1CCCCC1)N1CCCCC1. The molecule has 2 aliphatic heterocycles. The Balaban J connectivity index is 1.32. The molecule has 2 saturated heterocycles. The number of hydrogen-bond donors (Lipinski definition) is 0. The van der Waals surface area contributed by atoms with Crippen LogP contribution in [0.5, 0.6) is 0 Å². The molecule has 0 aromatic heterocycles. The largest absolute Gasteiger partial charge is 0.343 e. The van der Waals surface area contributed by atoms with E-state index in [0.717, 1.165) is 51.9 Å². The summed E-state index contributed by atoms with van der Waals surface area (Å²) in [6, 6.07) is 0. The third kappa shape index (κ3) is 9.62. The third-order valence-electron chi connectivity index (χ3n) is 6.20. The number of piperidine rings is 2. The number of likely N-dealkylation sites (tertiary alicyclic amines) is 2. The van der Waals surface area contributed by atoms with Crippen molar-refractivity contribution >= 4 is 11.8 Å². The smallest absolute Gasteiger partial charge is 0.222 e. The Hall–Kier alpha value is -1.06. The molecule has 2 fully saturated rings. The molecule has 0 aromatic rings. The van der Waals surface area contributed by atoms with Gasteiger partial charge >= 0.3 is 0 Å². The van der Waals surface area contributed by atoms with E-state index >= 15 is 0 Å². The van der Waals surface area contributed by atoms with Crippen molar-refractivity contribution in [3.63, 3.8) is 0 Å². The highest BCUT2D eigenvalue weighted by atomic mass is 16.2. The molecule has 0 aromatic carbocycles. The van der Waals surface area contributed by atoms with E-state index in [-0.39, 0.29) is 0 Å². The fraction of sp³-hybridized carbons (Fsp3) is 0.913. The first kappa shape index (κ1) is 22.2. The van der Waals surface area contributed by atoms with Gasteiger partial charge in [-0.1, -0.05) is 44.9 Å². The van der Waals surface area contributed by atoms with E-state index in [9.17, 15) is 9.59 Å². The minimum Gasteiger partial charge on any atom is -0.343 e. The molecular formula is C23H42N2O2. The van der Waals surface area contributed by atoms with Crippen LogP contribution in [-0.2, 0) is 9.59 Å². The molecule has 0 saturated carbocycles. The summed E-state index contributed by atoms with van der Waals surface area (Å²) >= 11 is 0. The number of nitrogens with zero attached hydrogens (tertiary/aromatic N) is 2. The molecule has 0 spiro atoms. The fourth-order valence-corrected chi connectivity index (χ4v) is 4.39. The molecule has 0 bridgehead atoms. The van der Waals surface area contributed by atoms with Crippen molar-refractivity contribution in [2.45, 2.75) is 109 Å². The van der Waals surface area contributed by atoms with Gasteiger partial charge in [-0.25, -0.2) is 0 Å². The molecule has 0 radical (unpaired) electrons. The van der Waals surface area contributed by atoms with Crippen LogP contribution in [0, 0.1) is 0 Å². The Labute approximate surface area is 167 Å². The van der Waals surface area contributed by atoms with E-state index in [1.165, 1.54) is 83.5 Å². The monoisotopic (exact) mass is 378 g/mol. The number of hydrogen-bond acceptors (Lipinski definition) is 2. The van der Waals surface area contributed by atoms with Crippen LogP contribution in [0.25, 0.3) is 0 Å². The molecule has 4 heteroatoms. The van der Waals surface area contributed by atoms with Crippen LogP contribution in [0.3, 0.4) is 0 Å². The van der Waals surface area contributed by atoms with Gasteiger partial charge in [0.25, 0.3) is 0 Å². The van der Waals surface area contributed by atoms with E-state index in [1.54, 1.807) is 0 Å². The lowest BCUT2D eigenvalue weighted by Gasteiger charge is -2.26. The molecule has 2 amide bonds. The molecule has 0 unspecified atom stereocenters. The molecule has 0 N–H and O–H groups in total. The van der Waals surface area contributed by atoms with Crippen molar-refractivity contribution in [1.29, 1.82) is 0 Å². The summed E-state index contributed by atoms with van der Waals surface area (Å²) in [5.41, 5.74) is 0. The normalized spacial score (nSPS) is 17.9. The molecule has 27 heavy (non-hydrogen) atoms. The topological polar surface area (TPSA) is 40.6 Å². The summed E-state index contributed by atoms with van der Waals surface area (Å²) < 4.78 is 0. The van der Waals surface area contributed by atoms with Gasteiger partial charge in [0.1, 0.15) is 0 Å². The van der Waals surface area contributed by atoms with Gasteiger partial charge in [-0.15, -0.1) is 0 Å². The van der Waals surface area contributed by atoms with Crippen LogP contribution in [0.1, 0.15) is 109 Å². The highest BCUT2D eigenvalue weighted by molar-refractivity contribution is 5.76. The predicted octanol–water partition coefficient (Wildman–Crippen LogP) is 5.30. The molecule has 2 heterocycles. The van der Waals surface area contributed by atoms with Crippen molar-refractivity contribution in [1.82, 2.24) is 9.80 Å². The lowest BCUT2D eigenvalue weighted by molar-refractivity contribution is -0.133. The van der Waals surface area contributed by atoms with Gasteiger partial charge in [-0.05, 0) is 51.4 Å². The zero-order valence-electron chi connectivity index (χ0n) is 17.6. The lowest BCUT2D eigenvalue weighted by Crippen LogP contribution is -2.35. The van der Waals surface area contributed by atoms with Crippen LogP contribution in [0.4, 0.5) is 0 Å². The van der Waals surface area contributed by atoms with Crippen molar-refractivity contribution in [2.24, 2.45) is 0 Å². The van der Waals surface area contributed by atoms with Gasteiger partial charge in [0.05, 0.1) is 0 Å². The molecule has 2 rings (SSSR count). The molecule has 0 aliphatic carbocycles. The Morgan fingerprint density at radius 1 is 0.444 bits per heavy atom. The first-order chi connectivity index (χ1) is 13.3. The summed E-state index contributed by atoms with van der Waals surface area (Å²) in [6.07, 6.45) is 19.8. The average Bonchev–Trinajstić information content (AvgIpc) is 2.73. The van der Waals surface area contributed by atoms with Crippen molar-refractivity contribution < 1.29 is 9.59 Å². The van der Waals surface area contributed by atoms with Crippen LogP contribution >= 0.6 is 0 Å². The van der Waals surface area contributed by atoms with Crippen LogP contribution < -0.4 is 0 Å². The second kappa shape index (κ2) is 14.0. The van der Waals surface area contributed by atoms with Gasteiger partial charge in [0.15, 0.2) is 0 Å². The Morgan fingerprint density at radius 3 is 1.07 bits per heavy atom. The Bertz CT molecular complexity index is 375. The molecule has 4 nitrogen and oxygen atoms in total. The van der Waals surface area contributed by atoms with Gasteiger partial charge in [0, 0.05) is 39.0 Å². The molecular weight excluding hydrogens is 336 g/mol. The predicted molar refractivity (Wildman–Crippen MR) is 112 cm³/mol. The van der Waals surface area contributed by atoms with E-state index in [2.05, 4.69) is 9.80 Å². The van der Waals surface area contributed by atoms with Gasteiger partial charge in [-0.3, -0.25) is 9.59 Å². The maximum absolute atomic E-state index is 12.1. The van der Waals surface area contributed by atoms with Crippen molar-refractivity contribution in [3.8, 4) is 0 Å². The number of rotatable bonds is 12. The zero-order valence-corrected chi connectivity index (χ0v) is 17.6. The van der Waals surface area contributed by atoms with E-state index in [1.807, 2.05) is 0 Å². The van der Waals surface area contributed by atoms with Gasteiger partial charge in [-0.2, -0.15) is 0 Å². The Kier molecular flexibility index (Phi) is 11.5. The maximum Gasteiger partial charge on any atom is 0.222 e. The lowest BCUT2D eigenvalue weighted by atomic mass is 10.0. The van der Waals surface area contributed by atoms with Crippen LogP contribution in [0.2, 0.25) is 0 Å².